The Bertz CT molecular complexity index is 572. The first kappa shape index (κ1) is 11.7. The zero-order valence-corrected chi connectivity index (χ0v) is 9.95. The van der Waals surface area contributed by atoms with E-state index in [1.165, 1.54) is 5.56 Å². The highest BCUT2D eigenvalue weighted by Gasteiger charge is 2.21. The molecule has 0 saturated heterocycles. The van der Waals surface area contributed by atoms with Crippen molar-refractivity contribution in [1.29, 1.82) is 0 Å². The second kappa shape index (κ2) is 4.22. The molecule has 1 heterocycles. The van der Waals surface area contributed by atoms with Crippen LogP contribution in [0.1, 0.15) is 22.6 Å². The van der Waals surface area contributed by atoms with Crippen LogP contribution >= 0.6 is 0 Å². The Labute approximate surface area is 99.4 Å². The van der Waals surface area contributed by atoms with Crippen LogP contribution in [0.25, 0.3) is 10.9 Å². The van der Waals surface area contributed by atoms with Crippen molar-refractivity contribution in [2.75, 3.05) is 6.54 Å². The van der Waals surface area contributed by atoms with E-state index in [0.717, 1.165) is 22.0 Å². The Balaban J connectivity index is 2.63. The number of carboxylic acid groups (broad SMARTS) is 1. The summed E-state index contributed by atoms with van der Waals surface area (Å²) in [6.45, 7) is 4.16. The summed E-state index contributed by atoms with van der Waals surface area (Å²) in [7, 11) is 0. The summed E-state index contributed by atoms with van der Waals surface area (Å²) >= 11 is 0. The van der Waals surface area contributed by atoms with E-state index in [1.54, 1.807) is 6.20 Å². The van der Waals surface area contributed by atoms with Crippen molar-refractivity contribution in [2.24, 2.45) is 5.73 Å². The summed E-state index contributed by atoms with van der Waals surface area (Å²) in [5.74, 6) is -1.53. The molecule has 4 N–H and O–H groups in total. The van der Waals surface area contributed by atoms with Crippen LogP contribution < -0.4 is 5.73 Å². The summed E-state index contributed by atoms with van der Waals surface area (Å²) in [5.41, 5.74) is 9.59. The topological polar surface area (TPSA) is 79.1 Å². The Morgan fingerprint density at radius 1 is 1.41 bits per heavy atom. The number of H-pyrrole nitrogens is 1. The molecule has 0 spiro atoms. The van der Waals surface area contributed by atoms with Gasteiger partial charge in [-0.25, -0.2) is 0 Å². The second-order valence-electron chi connectivity index (χ2n) is 4.35. The molecule has 0 radical (unpaired) electrons. The van der Waals surface area contributed by atoms with Crippen LogP contribution in [0.5, 0.6) is 0 Å². The maximum atomic E-state index is 11.1. The van der Waals surface area contributed by atoms with E-state index in [-0.39, 0.29) is 6.54 Å². The highest BCUT2D eigenvalue weighted by atomic mass is 16.4. The zero-order chi connectivity index (χ0) is 12.6. The summed E-state index contributed by atoms with van der Waals surface area (Å²) < 4.78 is 0. The van der Waals surface area contributed by atoms with E-state index in [9.17, 15) is 4.79 Å². The number of aliphatic carboxylic acids is 1. The zero-order valence-electron chi connectivity index (χ0n) is 9.95. The molecule has 0 amide bonds. The highest BCUT2D eigenvalue weighted by molar-refractivity contribution is 5.90. The third-order valence-electron chi connectivity index (χ3n) is 3.24. The van der Waals surface area contributed by atoms with E-state index >= 15 is 0 Å². The fourth-order valence-corrected chi connectivity index (χ4v) is 2.06. The number of nitrogens with two attached hydrogens (primary N) is 1. The molecule has 0 fully saturated rings. The summed E-state index contributed by atoms with van der Waals surface area (Å²) in [6, 6.07) is 4.05. The third kappa shape index (κ3) is 1.91. The molecule has 1 atom stereocenters. The number of hydrogen-bond acceptors (Lipinski definition) is 2. The molecule has 90 valence electrons. The van der Waals surface area contributed by atoms with Gasteiger partial charge in [0.15, 0.2) is 0 Å². The van der Waals surface area contributed by atoms with Gasteiger partial charge in [-0.3, -0.25) is 4.79 Å². The molecule has 0 aliphatic heterocycles. The average molecular weight is 232 g/mol. The van der Waals surface area contributed by atoms with Crippen molar-refractivity contribution in [3.8, 4) is 0 Å². The van der Waals surface area contributed by atoms with Crippen LogP contribution in [0.2, 0.25) is 0 Å². The van der Waals surface area contributed by atoms with Gasteiger partial charge >= 0.3 is 5.97 Å². The smallest absolute Gasteiger partial charge is 0.312 e. The van der Waals surface area contributed by atoms with Crippen LogP contribution in [0.15, 0.2) is 18.3 Å². The number of aromatic amines is 1. The number of carboxylic acids is 1. The first-order valence-electron chi connectivity index (χ1n) is 5.55. The lowest BCUT2D eigenvalue weighted by Gasteiger charge is -2.09. The minimum atomic E-state index is -0.883. The second-order valence-corrected chi connectivity index (χ2v) is 4.35. The predicted octanol–water partition coefficient (Wildman–Crippen LogP) is 1.91. The van der Waals surface area contributed by atoms with Crippen LogP contribution in [0.4, 0.5) is 0 Å². The first-order chi connectivity index (χ1) is 8.04. The molecule has 0 aliphatic carbocycles. The van der Waals surface area contributed by atoms with Crippen LogP contribution in [-0.4, -0.2) is 22.6 Å². The van der Waals surface area contributed by atoms with Gasteiger partial charge < -0.3 is 15.8 Å². The number of aryl methyl sites for hydroxylation is 2. The van der Waals surface area contributed by atoms with Gasteiger partial charge in [-0.1, -0.05) is 0 Å². The minimum Gasteiger partial charge on any atom is -0.481 e. The molecular formula is C13H16N2O2. The lowest BCUT2D eigenvalue weighted by atomic mass is 9.97. The molecule has 2 rings (SSSR count). The summed E-state index contributed by atoms with van der Waals surface area (Å²) in [5, 5.41) is 10.1. The van der Waals surface area contributed by atoms with Gasteiger partial charge in [0.05, 0.1) is 5.92 Å². The van der Waals surface area contributed by atoms with Crippen LogP contribution in [0.3, 0.4) is 0 Å². The standard InChI is InChI=1S/C13H16N2O2/c1-7-3-9-11(10(5-14)13(16)17)6-15-12(9)4-8(7)2/h3-4,6,10,15H,5,14H2,1-2H3,(H,16,17). The van der Waals surface area contributed by atoms with Crippen molar-refractivity contribution < 1.29 is 9.90 Å². The average Bonchev–Trinajstić information content (AvgIpc) is 2.63. The van der Waals surface area contributed by atoms with Gasteiger partial charge in [0.25, 0.3) is 0 Å². The van der Waals surface area contributed by atoms with Gasteiger partial charge in [-0.15, -0.1) is 0 Å². The van der Waals surface area contributed by atoms with Crippen molar-refractivity contribution in [2.45, 2.75) is 19.8 Å². The van der Waals surface area contributed by atoms with E-state index in [1.807, 2.05) is 26.0 Å². The Hall–Kier alpha value is -1.81. The SMILES string of the molecule is Cc1cc2[nH]cc(C(CN)C(=O)O)c2cc1C. The number of nitrogens with one attached hydrogen (secondary N) is 1. The number of benzene rings is 1. The molecule has 2 aromatic rings. The van der Waals surface area contributed by atoms with Gasteiger partial charge in [-0.2, -0.15) is 0 Å². The Kier molecular flexibility index (Phi) is 2.90. The quantitative estimate of drug-likeness (QED) is 0.756. The normalized spacial score (nSPS) is 12.9. The lowest BCUT2D eigenvalue weighted by molar-refractivity contribution is -0.138. The third-order valence-corrected chi connectivity index (χ3v) is 3.24. The number of hydrogen-bond donors (Lipinski definition) is 3. The largest absolute Gasteiger partial charge is 0.481 e. The summed E-state index contributed by atoms with van der Waals surface area (Å²) in [4.78, 5) is 14.2. The van der Waals surface area contributed by atoms with Crippen LogP contribution in [0, 0.1) is 13.8 Å². The minimum absolute atomic E-state index is 0.106. The molecule has 0 bridgehead atoms. The van der Waals surface area contributed by atoms with Gasteiger partial charge in [0.1, 0.15) is 0 Å². The van der Waals surface area contributed by atoms with Gasteiger partial charge in [0, 0.05) is 23.6 Å². The first-order valence-corrected chi connectivity index (χ1v) is 5.55. The molecule has 1 aromatic heterocycles. The van der Waals surface area contributed by atoms with Crippen molar-refractivity contribution >= 4 is 16.9 Å². The van der Waals surface area contributed by atoms with Crippen molar-refractivity contribution in [1.82, 2.24) is 4.98 Å². The molecule has 17 heavy (non-hydrogen) atoms. The molecule has 1 unspecified atom stereocenters. The van der Waals surface area contributed by atoms with E-state index < -0.39 is 11.9 Å². The van der Waals surface area contributed by atoms with Gasteiger partial charge in [-0.05, 0) is 42.7 Å². The highest BCUT2D eigenvalue weighted by Crippen LogP contribution is 2.27. The number of carbonyl (C=O) groups is 1. The number of fused-ring (bicyclic) bond motifs is 1. The lowest BCUT2D eigenvalue weighted by Crippen LogP contribution is -2.20. The fourth-order valence-electron chi connectivity index (χ4n) is 2.06. The summed E-state index contributed by atoms with van der Waals surface area (Å²) in [6.07, 6.45) is 1.75. The number of rotatable bonds is 3. The van der Waals surface area contributed by atoms with E-state index in [2.05, 4.69) is 4.98 Å². The fraction of sp³-hybridized carbons (Fsp3) is 0.308. The molecule has 0 aliphatic rings. The predicted molar refractivity (Wildman–Crippen MR) is 67.2 cm³/mol. The van der Waals surface area contributed by atoms with Gasteiger partial charge in [0.2, 0.25) is 0 Å². The maximum Gasteiger partial charge on any atom is 0.312 e. The number of aromatic nitrogens is 1. The van der Waals surface area contributed by atoms with Crippen molar-refractivity contribution in [3.63, 3.8) is 0 Å². The molecular weight excluding hydrogens is 216 g/mol. The monoisotopic (exact) mass is 232 g/mol. The maximum absolute atomic E-state index is 11.1. The molecule has 0 saturated carbocycles. The molecule has 1 aromatic carbocycles. The molecule has 4 heteroatoms. The van der Waals surface area contributed by atoms with Crippen LogP contribution in [-0.2, 0) is 4.79 Å². The van der Waals surface area contributed by atoms with Crippen molar-refractivity contribution in [3.05, 3.63) is 35.0 Å². The molecule has 4 nitrogen and oxygen atoms in total. The Morgan fingerprint density at radius 2 is 2.06 bits per heavy atom. The Morgan fingerprint density at radius 3 is 2.65 bits per heavy atom. The van der Waals surface area contributed by atoms with E-state index in [4.69, 9.17) is 10.8 Å². The van der Waals surface area contributed by atoms with E-state index in [0.29, 0.717) is 0 Å².